The van der Waals surface area contributed by atoms with Gasteiger partial charge < -0.3 is 10.4 Å². The first-order valence-electron chi connectivity index (χ1n) is 8.64. The van der Waals surface area contributed by atoms with Gasteiger partial charge in [-0.05, 0) is 34.9 Å². The zero-order valence-corrected chi connectivity index (χ0v) is 15.0. The first-order chi connectivity index (χ1) is 13.2. The molecule has 1 saturated heterocycles. The molecule has 0 unspecified atom stereocenters. The van der Waals surface area contributed by atoms with E-state index in [0.29, 0.717) is 18.1 Å². The lowest BCUT2D eigenvalue weighted by Crippen LogP contribution is -2.27. The number of nitrogens with one attached hydrogen (secondary N) is 2. The molecule has 3 N–H and O–H groups in total. The number of aliphatic hydroxyl groups excluding tert-OH is 1. The molecule has 27 heavy (non-hydrogen) atoms. The second-order valence-electron chi connectivity index (χ2n) is 6.61. The Hall–Kier alpha value is -3.03. The van der Waals surface area contributed by atoms with Crippen molar-refractivity contribution in [2.45, 2.75) is 18.6 Å². The van der Waals surface area contributed by atoms with Crippen LogP contribution in [0.25, 0.3) is 16.3 Å². The van der Waals surface area contributed by atoms with Gasteiger partial charge in [0.15, 0.2) is 0 Å². The van der Waals surface area contributed by atoms with Crippen LogP contribution in [0.4, 0.5) is 0 Å². The molecule has 2 atom stereocenters. The number of benzene rings is 2. The predicted octanol–water partition coefficient (Wildman–Crippen LogP) is 2.37. The summed E-state index contributed by atoms with van der Waals surface area (Å²) in [7, 11) is 0. The SMILES string of the molecule is O=C1NC(=N[C@@H]2c3ccccc3C[C@H]2O)N/C1=C\c1ccc2ncsc2c1. The summed E-state index contributed by atoms with van der Waals surface area (Å²) in [4.78, 5) is 21.1. The van der Waals surface area contributed by atoms with Crippen molar-refractivity contribution in [2.24, 2.45) is 4.99 Å². The van der Waals surface area contributed by atoms with Gasteiger partial charge in [-0.15, -0.1) is 11.3 Å². The lowest BCUT2D eigenvalue weighted by molar-refractivity contribution is -0.115. The molecule has 0 bridgehead atoms. The van der Waals surface area contributed by atoms with E-state index in [-0.39, 0.29) is 11.9 Å². The number of hydrogen-bond acceptors (Lipinski definition) is 5. The van der Waals surface area contributed by atoms with Crippen molar-refractivity contribution >= 4 is 39.5 Å². The topological polar surface area (TPSA) is 86.6 Å². The number of nitrogens with zero attached hydrogens (tertiary/aromatic N) is 2. The lowest BCUT2D eigenvalue weighted by Gasteiger charge is -2.11. The minimum atomic E-state index is -0.588. The van der Waals surface area contributed by atoms with Gasteiger partial charge in [0.2, 0.25) is 5.96 Å². The van der Waals surface area contributed by atoms with Gasteiger partial charge in [-0.25, -0.2) is 9.98 Å². The lowest BCUT2D eigenvalue weighted by atomic mass is 10.1. The third-order valence-corrected chi connectivity index (χ3v) is 5.62. The average molecular weight is 376 g/mol. The molecule has 0 spiro atoms. The molecule has 1 amide bonds. The van der Waals surface area contributed by atoms with Gasteiger partial charge in [0, 0.05) is 6.42 Å². The molecule has 2 aliphatic rings. The third-order valence-electron chi connectivity index (χ3n) is 4.83. The molecule has 6 nitrogen and oxygen atoms in total. The van der Waals surface area contributed by atoms with Crippen LogP contribution >= 0.6 is 11.3 Å². The van der Waals surface area contributed by atoms with Crippen molar-refractivity contribution in [1.29, 1.82) is 0 Å². The molecule has 1 aromatic heterocycles. The predicted molar refractivity (Wildman–Crippen MR) is 105 cm³/mol. The molecule has 1 fully saturated rings. The van der Waals surface area contributed by atoms with Crippen LogP contribution in [-0.2, 0) is 11.2 Å². The minimum Gasteiger partial charge on any atom is -0.390 e. The fraction of sp³-hybridized carbons (Fsp3) is 0.150. The first kappa shape index (κ1) is 16.2. The summed E-state index contributed by atoms with van der Waals surface area (Å²) < 4.78 is 1.07. The first-order valence-corrected chi connectivity index (χ1v) is 9.52. The number of hydrogen-bond donors (Lipinski definition) is 3. The standard InChI is InChI=1S/C20H16N4O2S/c25-16-9-12-3-1-2-4-13(12)18(16)23-20-22-15(19(26)24-20)7-11-5-6-14-17(8-11)27-10-21-14/h1-8,10,16,18,25H,9H2,(H2,22,23,24,26)/b15-7-/t16-,18-/m1/s1. The molecule has 3 aromatic rings. The average Bonchev–Trinajstić information content (AvgIpc) is 3.34. The van der Waals surface area contributed by atoms with Crippen molar-refractivity contribution in [3.8, 4) is 0 Å². The number of fused-ring (bicyclic) bond motifs is 2. The second-order valence-corrected chi connectivity index (χ2v) is 7.50. The monoisotopic (exact) mass is 376 g/mol. The number of guanidine groups is 1. The number of aliphatic imine (C=N–C) groups is 1. The smallest absolute Gasteiger partial charge is 0.274 e. The van der Waals surface area contributed by atoms with Crippen LogP contribution in [0.2, 0.25) is 0 Å². The third kappa shape index (κ3) is 2.90. The van der Waals surface area contributed by atoms with E-state index in [1.165, 1.54) is 0 Å². The molecule has 1 aliphatic heterocycles. The van der Waals surface area contributed by atoms with Gasteiger partial charge in [0.25, 0.3) is 5.91 Å². The molecular weight excluding hydrogens is 360 g/mol. The largest absolute Gasteiger partial charge is 0.390 e. The summed E-state index contributed by atoms with van der Waals surface area (Å²) in [5, 5.41) is 16.1. The van der Waals surface area contributed by atoms with Gasteiger partial charge in [0.1, 0.15) is 11.7 Å². The summed E-state index contributed by atoms with van der Waals surface area (Å²) in [6.07, 6.45) is 1.77. The highest BCUT2D eigenvalue weighted by Crippen LogP contribution is 2.34. The van der Waals surface area contributed by atoms with Gasteiger partial charge in [-0.3, -0.25) is 10.1 Å². The Balaban J connectivity index is 1.42. The van der Waals surface area contributed by atoms with E-state index < -0.39 is 6.10 Å². The molecule has 7 heteroatoms. The zero-order chi connectivity index (χ0) is 18.4. The molecular formula is C20H16N4O2S. The maximum Gasteiger partial charge on any atom is 0.274 e. The Kier molecular flexibility index (Phi) is 3.77. The van der Waals surface area contributed by atoms with Crippen LogP contribution < -0.4 is 10.6 Å². The van der Waals surface area contributed by atoms with E-state index in [1.807, 2.05) is 42.5 Å². The van der Waals surface area contributed by atoms with Crippen LogP contribution in [0.1, 0.15) is 22.7 Å². The number of aliphatic hydroxyl groups is 1. The Morgan fingerprint density at radius 1 is 1.22 bits per heavy atom. The quantitative estimate of drug-likeness (QED) is 0.600. The molecule has 2 heterocycles. The van der Waals surface area contributed by atoms with Crippen molar-refractivity contribution < 1.29 is 9.90 Å². The highest BCUT2D eigenvalue weighted by atomic mass is 32.1. The Morgan fingerprint density at radius 3 is 3.04 bits per heavy atom. The maximum absolute atomic E-state index is 12.3. The van der Waals surface area contributed by atoms with E-state index >= 15 is 0 Å². The van der Waals surface area contributed by atoms with E-state index in [2.05, 4.69) is 20.6 Å². The highest BCUT2D eigenvalue weighted by molar-refractivity contribution is 7.16. The molecule has 2 aromatic carbocycles. The molecule has 5 rings (SSSR count). The van der Waals surface area contributed by atoms with Crippen LogP contribution in [0, 0.1) is 0 Å². The van der Waals surface area contributed by atoms with Crippen molar-refractivity contribution in [3.63, 3.8) is 0 Å². The van der Waals surface area contributed by atoms with Crippen molar-refractivity contribution in [3.05, 3.63) is 70.4 Å². The molecule has 0 radical (unpaired) electrons. The van der Waals surface area contributed by atoms with Crippen molar-refractivity contribution in [2.75, 3.05) is 0 Å². The number of carbonyl (C=O) groups excluding carboxylic acids is 1. The van der Waals surface area contributed by atoms with Gasteiger partial charge >= 0.3 is 0 Å². The normalized spacial score (nSPS) is 24.4. The van der Waals surface area contributed by atoms with Crippen molar-refractivity contribution in [1.82, 2.24) is 15.6 Å². The number of rotatable bonds is 2. The van der Waals surface area contributed by atoms with Gasteiger partial charge in [-0.2, -0.15) is 0 Å². The van der Waals surface area contributed by atoms with Crippen LogP contribution in [0.5, 0.6) is 0 Å². The van der Waals surface area contributed by atoms with Gasteiger partial charge in [0.05, 0.1) is 21.8 Å². The Labute approximate surface area is 159 Å². The van der Waals surface area contributed by atoms with E-state index in [9.17, 15) is 9.90 Å². The van der Waals surface area contributed by atoms with Gasteiger partial charge in [-0.1, -0.05) is 30.3 Å². The molecule has 1 aliphatic carbocycles. The zero-order valence-electron chi connectivity index (χ0n) is 14.2. The Bertz CT molecular complexity index is 1120. The summed E-state index contributed by atoms with van der Waals surface area (Å²) in [5.41, 5.74) is 6.19. The van der Waals surface area contributed by atoms with E-state index in [1.54, 1.807) is 22.9 Å². The van der Waals surface area contributed by atoms with Crippen LogP contribution in [0.15, 0.2) is 58.7 Å². The summed E-state index contributed by atoms with van der Waals surface area (Å²) in [6, 6.07) is 13.3. The van der Waals surface area contributed by atoms with E-state index in [4.69, 9.17) is 0 Å². The molecule has 134 valence electrons. The fourth-order valence-corrected chi connectivity index (χ4v) is 4.26. The minimum absolute atomic E-state index is 0.237. The summed E-state index contributed by atoms with van der Waals surface area (Å²) >= 11 is 1.56. The van der Waals surface area contributed by atoms with Crippen LogP contribution in [0.3, 0.4) is 0 Å². The number of amides is 1. The number of aromatic nitrogens is 1. The number of thiazole rings is 1. The van der Waals surface area contributed by atoms with Crippen LogP contribution in [-0.4, -0.2) is 28.1 Å². The summed E-state index contributed by atoms with van der Waals surface area (Å²) in [6.45, 7) is 0. The maximum atomic E-state index is 12.3. The second kappa shape index (κ2) is 6.29. The highest BCUT2D eigenvalue weighted by Gasteiger charge is 2.32. The fourth-order valence-electron chi connectivity index (χ4n) is 3.53. The Morgan fingerprint density at radius 2 is 2.11 bits per heavy atom. The number of carbonyl (C=O) groups is 1. The summed E-state index contributed by atoms with van der Waals surface area (Å²) in [5.74, 6) is 0.129. The molecule has 0 saturated carbocycles. The van der Waals surface area contributed by atoms with E-state index in [0.717, 1.165) is 26.9 Å².